The van der Waals surface area contributed by atoms with Crippen LogP contribution in [0.5, 0.6) is 0 Å². The molecule has 0 saturated carbocycles. The average Bonchev–Trinajstić information content (AvgIpc) is 2.47. The molecule has 0 radical (unpaired) electrons. The van der Waals surface area contributed by atoms with E-state index in [0.717, 1.165) is 0 Å². The number of hydrogen-bond acceptors (Lipinski definition) is 6. The molecular formula is C15H19NO6. The molecule has 0 unspecified atom stereocenters. The molecule has 1 rings (SSSR count). The molecule has 0 bridgehead atoms. The minimum absolute atomic E-state index is 0.0183. The molecule has 0 amide bonds. The zero-order valence-corrected chi connectivity index (χ0v) is 12.6. The van der Waals surface area contributed by atoms with Crippen LogP contribution in [0.4, 0.5) is 5.69 Å². The second-order valence-corrected chi connectivity index (χ2v) is 4.56. The van der Waals surface area contributed by atoms with E-state index in [1.54, 1.807) is 26.0 Å². The third-order valence-electron chi connectivity index (χ3n) is 3.01. The maximum atomic E-state index is 11.7. The molecule has 1 aromatic carbocycles. The molecule has 0 atom stereocenters. The highest BCUT2D eigenvalue weighted by Gasteiger charge is 2.21. The average molecular weight is 309 g/mol. The van der Waals surface area contributed by atoms with Gasteiger partial charge in [0, 0.05) is 18.1 Å². The first kappa shape index (κ1) is 17.6. The van der Waals surface area contributed by atoms with Crippen molar-refractivity contribution in [2.75, 3.05) is 13.2 Å². The fraction of sp³-hybridized carbons (Fsp3) is 0.467. The summed E-state index contributed by atoms with van der Waals surface area (Å²) in [6.07, 6.45) is 0.0366. The van der Waals surface area contributed by atoms with Crippen molar-refractivity contribution in [3.63, 3.8) is 0 Å². The molecule has 7 heteroatoms. The Morgan fingerprint density at radius 2 is 1.50 bits per heavy atom. The van der Waals surface area contributed by atoms with Gasteiger partial charge in [-0.05, 0) is 19.4 Å². The normalized spacial score (nSPS) is 10.3. The number of carbonyl (C=O) groups is 2. The zero-order valence-electron chi connectivity index (χ0n) is 12.6. The summed E-state index contributed by atoms with van der Waals surface area (Å²) in [5.74, 6) is -1.27. The van der Waals surface area contributed by atoms with Crippen LogP contribution in [0.1, 0.15) is 38.2 Å². The van der Waals surface area contributed by atoms with Gasteiger partial charge in [-0.25, -0.2) is 0 Å². The molecule has 0 aliphatic rings. The first-order valence-electron chi connectivity index (χ1n) is 7.03. The van der Waals surface area contributed by atoms with Crippen LogP contribution >= 0.6 is 0 Å². The highest BCUT2D eigenvalue weighted by atomic mass is 16.6. The van der Waals surface area contributed by atoms with E-state index in [1.165, 1.54) is 12.1 Å². The largest absolute Gasteiger partial charge is 0.466 e. The highest BCUT2D eigenvalue weighted by Crippen LogP contribution is 2.26. The summed E-state index contributed by atoms with van der Waals surface area (Å²) in [5, 5.41) is 10.7. The van der Waals surface area contributed by atoms with E-state index in [0.29, 0.717) is 5.56 Å². The SMILES string of the molecule is CCOC(=O)CC(CC(=O)OCC)c1ccc([N+](=O)[O-])cc1. The molecule has 0 fully saturated rings. The van der Waals surface area contributed by atoms with E-state index in [-0.39, 0.29) is 31.7 Å². The number of nitro groups is 1. The van der Waals surface area contributed by atoms with Crippen LogP contribution in [-0.4, -0.2) is 30.1 Å². The van der Waals surface area contributed by atoms with Gasteiger partial charge in [0.2, 0.25) is 0 Å². The van der Waals surface area contributed by atoms with Crippen molar-refractivity contribution in [3.05, 3.63) is 39.9 Å². The van der Waals surface area contributed by atoms with Crippen LogP contribution in [0.25, 0.3) is 0 Å². The minimum Gasteiger partial charge on any atom is -0.466 e. The summed E-state index contributed by atoms with van der Waals surface area (Å²) < 4.78 is 9.80. The van der Waals surface area contributed by atoms with Gasteiger partial charge in [-0.1, -0.05) is 12.1 Å². The van der Waals surface area contributed by atoms with E-state index in [2.05, 4.69) is 0 Å². The molecule has 0 heterocycles. The third kappa shape index (κ3) is 5.51. The topological polar surface area (TPSA) is 95.7 Å². The summed E-state index contributed by atoms with van der Waals surface area (Å²) in [5.41, 5.74) is 0.612. The Balaban J connectivity index is 2.89. The highest BCUT2D eigenvalue weighted by molar-refractivity contribution is 5.74. The Labute approximate surface area is 128 Å². The van der Waals surface area contributed by atoms with E-state index >= 15 is 0 Å². The van der Waals surface area contributed by atoms with Crippen molar-refractivity contribution < 1.29 is 24.0 Å². The molecular weight excluding hydrogens is 290 g/mol. The van der Waals surface area contributed by atoms with Crippen LogP contribution in [0.2, 0.25) is 0 Å². The predicted octanol–water partition coefficient (Wildman–Crippen LogP) is 2.58. The lowest BCUT2D eigenvalue weighted by Crippen LogP contribution is -2.15. The number of carbonyl (C=O) groups excluding carboxylic acids is 2. The first-order valence-corrected chi connectivity index (χ1v) is 7.03. The van der Waals surface area contributed by atoms with E-state index in [4.69, 9.17) is 9.47 Å². The number of nitrogens with zero attached hydrogens (tertiary/aromatic N) is 1. The Hall–Kier alpha value is -2.44. The van der Waals surface area contributed by atoms with E-state index < -0.39 is 22.8 Å². The summed E-state index contributed by atoms with van der Waals surface area (Å²) in [4.78, 5) is 33.5. The summed E-state index contributed by atoms with van der Waals surface area (Å²) in [7, 11) is 0. The Morgan fingerprint density at radius 1 is 1.05 bits per heavy atom. The smallest absolute Gasteiger partial charge is 0.306 e. The maximum Gasteiger partial charge on any atom is 0.306 e. The molecule has 7 nitrogen and oxygen atoms in total. The second kappa shape index (κ2) is 8.76. The fourth-order valence-corrected chi connectivity index (χ4v) is 2.02. The van der Waals surface area contributed by atoms with Crippen LogP contribution in [0, 0.1) is 10.1 Å². The molecule has 0 aliphatic carbocycles. The van der Waals surface area contributed by atoms with E-state index in [9.17, 15) is 19.7 Å². The molecule has 1 aromatic rings. The lowest BCUT2D eigenvalue weighted by Gasteiger charge is -2.15. The molecule has 0 aromatic heterocycles. The van der Waals surface area contributed by atoms with Gasteiger partial charge in [-0.15, -0.1) is 0 Å². The van der Waals surface area contributed by atoms with Gasteiger partial charge in [-0.3, -0.25) is 19.7 Å². The van der Waals surface area contributed by atoms with Crippen LogP contribution < -0.4 is 0 Å². The molecule has 0 N–H and O–H groups in total. The van der Waals surface area contributed by atoms with Gasteiger partial charge in [-0.2, -0.15) is 0 Å². The van der Waals surface area contributed by atoms with Crippen LogP contribution in [0.15, 0.2) is 24.3 Å². The second-order valence-electron chi connectivity index (χ2n) is 4.56. The zero-order chi connectivity index (χ0) is 16.5. The van der Waals surface area contributed by atoms with Gasteiger partial charge in [0.15, 0.2) is 0 Å². The number of hydrogen-bond donors (Lipinski definition) is 0. The van der Waals surface area contributed by atoms with Crippen LogP contribution in [0.3, 0.4) is 0 Å². The number of non-ortho nitro benzene ring substituents is 1. The van der Waals surface area contributed by atoms with Gasteiger partial charge in [0.05, 0.1) is 31.0 Å². The fourth-order valence-electron chi connectivity index (χ4n) is 2.02. The van der Waals surface area contributed by atoms with Crippen molar-refractivity contribution in [3.8, 4) is 0 Å². The van der Waals surface area contributed by atoms with Crippen molar-refractivity contribution in [1.29, 1.82) is 0 Å². The number of nitro benzene ring substituents is 1. The van der Waals surface area contributed by atoms with Crippen molar-refractivity contribution >= 4 is 17.6 Å². The minimum atomic E-state index is -0.504. The summed E-state index contributed by atoms with van der Waals surface area (Å²) in [6.45, 7) is 3.91. The molecule has 0 aliphatic heterocycles. The molecule has 120 valence electrons. The Kier molecular flexibility index (Phi) is 7.01. The Bertz CT molecular complexity index is 505. The number of rotatable bonds is 8. The quantitative estimate of drug-likeness (QED) is 0.416. The lowest BCUT2D eigenvalue weighted by atomic mass is 9.92. The predicted molar refractivity (Wildman–Crippen MR) is 78.3 cm³/mol. The maximum absolute atomic E-state index is 11.7. The molecule has 22 heavy (non-hydrogen) atoms. The van der Waals surface area contributed by atoms with Crippen molar-refractivity contribution in [2.24, 2.45) is 0 Å². The molecule has 0 spiro atoms. The lowest BCUT2D eigenvalue weighted by molar-refractivity contribution is -0.384. The molecule has 0 saturated heterocycles. The summed E-state index contributed by atoms with van der Waals surface area (Å²) >= 11 is 0. The van der Waals surface area contributed by atoms with Gasteiger partial charge < -0.3 is 9.47 Å². The standard InChI is InChI=1S/C15H19NO6/c1-3-21-14(17)9-12(10-15(18)22-4-2)11-5-7-13(8-6-11)16(19)20/h5-8,12H,3-4,9-10H2,1-2H3. The number of esters is 2. The van der Waals surface area contributed by atoms with E-state index in [1.807, 2.05) is 0 Å². The van der Waals surface area contributed by atoms with Gasteiger partial charge in [0.1, 0.15) is 0 Å². The van der Waals surface area contributed by atoms with Crippen molar-refractivity contribution in [1.82, 2.24) is 0 Å². The van der Waals surface area contributed by atoms with Crippen molar-refractivity contribution in [2.45, 2.75) is 32.6 Å². The van der Waals surface area contributed by atoms with Gasteiger partial charge >= 0.3 is 11.9 Å². The van der Waals surface area contributed by atoms with Gasteiger partial charge in [0.25, 0.3) is 5.69 Å². The monoisotopic (exact) mass is 309 g/mol. The summed E-state index contributed by atoms with van der Waals surface area (Å²) in [6, 6.07) is 5.78. The number of ether oxygens (including phenoxy) is 2. The first-order chi connectivity index (χ1) is 10.5. The number of benzene rings is 1. The Morgan fingerprint density at radius 3 is 1.86 bits per heavy atom. The van der Waals surface area contributed by atoms with Crippen LogP contribution in [-0.2, 0) is 19.1 Å². The third-order valence-corrected chi connectivity index (χ3v) is 3.01.